The highest BCUT2D eigenvalue weighted by atomic mass is 32.2. The minimum Gasteiger partial charge on any atom is -0.355 e. The largest absolute Gasteiger partial charge is 0.355 e. The molecule has 2 heterocycles. The number of thioether (sulfide) groups is 1. The number of aryl methyl sites for hydroxylation is 2. The second-order valence-corrected chi connectivity index (χ2v) is 8.17. The van der Waals surface area contributed by atoms with Crippen molar-refractivity contribution in [3.8, 4) is 0 Å². The van der Waals surface area contributed by atoms with Gasteiger partial charge in [0.05, 0.1) is 16.9 Å². The lowest BCUT2D eigenvalue weighted by Gasteiger charge is -2.09. The van der Waals surface area contributed by atoms with Gasteiger partial charge in [0, 0.05) is 11.4 Å². The number of aromatic nitrogens is 2. The van der Waals surface area contributed by atoms with Crippen LogP contribution in [0.25, 0.3) is 10.2 Å². The van der Waals surface area contributed by atoms with Crippen LogP contribution in [0.4, 0.5) is 0 Å². The van der Waals surface area contributed by atoms with E-state index in [4.69, 9.17) is 0 Å². The Morgan fingerprint density at radius 3 is 3.04 bits per heavy atom. The van der Waals surface area contributed by atoms with Gasteiger partial charge in [0.2, 0.25) is 5.91 Å². The van der Waals surface area contributed by atoms with Crippen molar-refractivity contribution in [3.63, 3.8) is 0 Å². The van der Waals surface area contributed by atoms with Crippen LogP contribution in [0.15, 0.2) is 4.79 Å². The summed E-state index contributed by atoms with van der Waals surface area (Å²) in [6, 6.07) is 0. The van der Waals surface area contributed by atoms with Gasteiger partial charge in [-0.15, -0.1) is 23.1 Å². The molecule has 0 saturated carbocycles. The van der Waals surface area contributed by atoms with E-state index in [9.17, 15) is 9.59 Å². The van der Waals surface area contributed by atoms with Gasteiger partial charge < -0.3 is 10.3 Å². The number of fused-ring (bicyclic) bond motifs is 3. The first-order valence-electron chi connectivity index (χ1n) is 8.57. The van der Waals surface area contributed by atoms with Crippen LogP contribution in [-0.4, -0.2) is 28.2 Å². The molecule has 1 aliphatic rings. The van der Waals surface area contributed by atoms with Crippen LogP contribution in [0, 0.1) is 0 Å². The Balaban J connectivity index is 1.64. The molecule has 5 nitrogen and oxygen atoms in total. The highest BCUT2D eigenvalue weighted by Crippen LogP contribution is 2.33. The zero-order valence-corrected chi connectivity index (χ0v) is 15.6. The molecule has 0 fully saturated rings. The van der Waals surface area contributed by atoms with Gasteiger partial charge in [-0.1, -0.05) is 13.3 Å². The SMILES string of the molecule is CCCCNC(=O)CSCc1nc2sc3c(c2c(=O)[nH]1)CCCC3. The number of nitrogens with one attached hydrogen (secondary N) is 2. The number of amides is 1. The third-order valence-corrected chi connectivity index (χ3v) is 6.33. The Bertz CT molecular complexity index is 782. The quantitative estimate of drug-likeness (QED) is 0.740. The first kappa shape index (κ1) is 17.5. The van der Waals surface area contributed by atoms with Gasteiger partial charge in [0.25, 0.3) is 5.56 Å². The highest BCUT2D eigenvalue weighted by Gasteiger charge is 2.19. The molecule has 0 aliphatic heterocycles. The summed E-state index contributed by atoms with van der Waals surface area (Å²) in [5, 5.41) is 3.69. The van der Waals surface area contributed by atoms with Crippen LogP contribution >= 0.6 is 23.1 Å². The molecule has 24 heavy (non-hydrogen) atoms. The number of carbonyl (C=O) groups is 1. The number of hydrogen-bond acceptors (Lipinski definition) is 5. The Hall–Kier alpha value is -1.34. The zero-order valence-electron chi connectivity index (χ0n) is 13.9. The Morgan fingerprint density at radius 2 is 2.21 bits per heavy atom. The summed E-state index contributed by atoms with van der Waals surface area (Å²) in [6.07, 6.45) is 6.49. The molecular weight excluding hydrogens is 342 g/mol. The first-order valence-corrected chi connectivity index (χ1v) is 10.5. The molecule has 0 atom stereocenters. The number of H-pyrrole nitrogens is 1. The molecule has 2 aromatic heterocycles. The van der Waals surface area contributed by atoms with Crippen molar-refractivity contribution in [2.75, 3.05) is 12.3 Å². The van der Waals surface area contributed by atoms with Gasteiger partial charge >= 0.3 is 0 Å². The van der Waals surface area contributed by atoms with Crippen LogP contribution in [0.5, 0.6) is 0 Å². The van der Waals surface area contributed by atoms with E-state index in [0.717, 1.165) is 48.9 Å². The third-order valence-electron chi connectivity index (χ3n) is 4.20. The maximum Gasteiger partial charge on any atom is 0.259 e. The van der Waals surface area contributed by atoms with Crippen molar-refractivity contribution in [2.45, 2.75) is 51.2 Å². The lowest BCUT2D eigenvalue weighted by atomic mass is 9.97. The van der Waals surface area contributed by atoms with E-state index in [-0.39, 0.29) is 11.5 Å². The molecule has 130 valence electrons. The zero-order chi connectivity index (χ0) is 16.9. The minimum atomic E-state index is -0.0256. The van der Waals surface area contributed by atoms with Gasteiger partial charge in [-0.3, -0.25) is 9.59 Å². The van der Waals surface area contributed by atoms with E-state index in [2.05, 4.69) is 22.2 Å². The number of thiophene rings is 1. The lowest BCUT2D eigenvalue weighted by molar-refractivity contribution is -0.118. The monoisotopic (exact) mass is 365 g/mol. The van der Waals surface area contributed by atoms with Crippen molar-refractivity contribution in [1.82, 2.24) is 15.3 Å². The van der Waals surface area contributed by atoms with Crippen LogP contribution in [0.1, 0.15) is 48.9 Å². The molecule has 1 aliphatic carbocycles. The number of unbranched alkanes of at least 4 members (excludes halogenated alkanes) is 1. The molecule has 1 amide bonds. The second kappa shape index (κ2) is 8.16. The van der Waals surface area contributed by atoms with E-state index in [1.807, 2.05) is 0 Å². The van der Waals surface area contributed by atoms with Crippen molar-refractivity contribution < 1.29 is 4.79 Å². The summed E-state index contributed by atoms with van der Waals surface area (Å²) < 4.78 is 0. The molecule has 2 aromatic rings. The third kappa shape index (κ3) is 4.00. The Labute approximate surface area is 149 Å². The van der Waals surface area contributed by atoms with Gasteiger partial charge in [-0.05, 0) is 37.7 Å². The summed E-state index contributed by atoms with van der Waals surface area (Å²) in [4.78, 5) is 33.8. The standard InChI is InChI=1S/C17H23N3O2S2/c1-2-3-8-18-14(21)10-23-9-13-19-16(22)15-11-6-4-5-7-12(11)24-17(15)20-13/h2-10H2,1H3,(H,18,21)(H,19,20,22). The van der Waals surface area contributed by atoms with Crippen LogP contribution in [0.2, 0.25) is 0 Å². The maximum atomic E-state index is 12.4. The maximum absolute atomic E-state index is 12.4. The number of aromatic amines is 1. The van der Waals surface area contributed by atoms with Crippen LogP contribution < -0.4 is 10.9 Å². The fourth-order valence-corrected chi connectivity index (χ4v) is 4.97. The minimum absolute atomic E-state index is 0.0256. The second-order valence-electron chi connectivity index (χ2n) is 6.10. The molecule has 0 unspecified atom stereocenters. The first-order chi connectivity index (χ1) is 11.7. The molecule has 0 spiro atoms. The van der Waals surface area contributed by atoms with Crippen LogP contribution in [-0.2, 0) is 23.4 Å². The fraction of sp³-hybridized carbons (Fsp3) is 0.588. The molecule has 2 N–H and O–H groups in total. The number of nitrogens with zero attached hydrogens (tertiary/aromatic N) is 1. The summed E-state index contributed by atoms with van der Waals surface area (Å²) >= 11 is 3.15. The fourth-order valence-electron chi connectivity index (χ4n) is 2.97. The van der Waals surface area contributed by atoms with E-state index >= 15 is 0 Å². The molecule has 0 bridgehead atoms. The summed E-state index contributed by atoms with van der Waals surface area (Å²) in [7, 11) is 0. The molecular formula is C17H23N3O2S2. The highest BCUT2D eigenvalue weighted by molar-refractivity contribution is 7.99. The average Bonchev–Trinajstić information content (AvgIpc) is 2.94. The van der Waals surface area contributed by atoms with Gasteiger partial charge in [-0.25, -0.2) is 4.98 Å². The van der Waals surface area contributed by atoms with Crippen molar-refractivity contribution in [3.05, 3.63) is 26.6 Å². The Morgan fingerprint density at radius 1 is 1.38 bits per heavy atom. The molecule has 7 heteroatoms. The molecule has 0 radical (unpaired) electrons. The topological polar surface area (TPSA) is 74.8 Å². The average molecular weight is 366 g/mol. The van der Waals surface area contributed by atoms with E-state index < -0.39 is 0 Å². The normalized spacial score (nSPS) is 13.9. The number of hydrogen-bond donors (Lipinski definition) is 2. The van der Waals surface area contributed by atoms with Crippen molar-refractivity contribution in [1.29, 1.82) is 0 Å². The predicted molar refractivity (Wildman–Crippen MR) is 101 cm³/mol. The number of carbonyl (C=O) groups excluding carboxylic acids is 1. The van der Waals surface area contributed by atoms with Gasteiger partial charge in [0.1, 0.15) is 10.7 Å². The van der Waals surface area contributed by atoms with E-state index in [1.54, 1.807) is 11.3 Å². The van der Waals surface area contributed by atoms with E-state index in [0.29, 0.717) is 17.3 Å². The van der Waals surface area contributed by atoms with Crippen molar-refractivity contribution >= 4 is 39.2 Å². The predicted octanol–water partition coefficient (Wildman–Crippen LogP) is 3.01. The van der Waals surface area contributed by atoms with Crippen LogP contribution in [0.3, 0.4) is 0 Å². The van der Waals surface area contributed by atoms with E-state index in [1.165, 1.54) is 28.6 Å². The summed E-state index contributed by atoms with van der Waals surface area (Å²) in [6.45, 7) is 2.83. The summed E-state index contributed by atoms with van der Waals surface area (Å²) in [5.41, 5.74) is 1.19. The molecule has 3 rings (SSSR count). The summed E-state index contributed by atoms with van der Waals surface area (Å²) in [5.74, 6) is 1.65. The van der Waals surface area contributed by atoms with Gasteiger partial charge in [-0.2, -0.15) is 0 Å². The van der Waals surface area contributed by atoms with Gasteiger partial charge in [0.15, 0.2) is 0 Å². The molecule has 0 aromatic carbocycles. The number of rotatable bonds is 7. The lowest BCUT2D eigenvalue weighted by Crippen LogP contribution is -2.26. The molecule has 0 saturated heterocycles. The smallest absolute Gasteiger partial charge is 0.259 e. The van der Waals surface area contributed by atoms with Crippen molar-refractivity contribution in [2.24, 2.45) is 0 Å². The Kier molecular flexibility index (Phi) is 5.94.